The van der Waals surface area contributed by atoms with Crippen molar-refractivity contribution in [1.82, 2.24) is 5.06 Å². The standard InChI is InChI=1S/C16H23NO/c1-3-16(4-2)12-14-10-11-17(16)18-15(14)13-8-6-5-7-9-13/h5-9,14-15H,3-4,10-12H2,1-2H3. The van der Waals surface area contributed by atoms with E-state index in [1.165, 1.54) is 31.2 Å². The average molecular weight is 245 g/mol. The third kappa shape index (κ3) is 1.79. The fourth-order valence-corrected chi connectivity index (χ4v) is 3.73. The summed E-state index contributed by atoms with van der Waals surface area (Å²) in [7, 11) is 0. The maximum Gasteiger partial charge on any atom is 0.107 e. The Labute approximate surface area is 110 Å². The van der Waals surface area contributed by atoms with Crippen LogP contribution < -0.4 is 0 Å². The molecule has 0 aliphatic carbocycles. The number of piperidine rings is 1. The summed E-state index contributed by atoms with van der Waals surface area (Å²) >= 11 is 0. The highest BCUT2D eigenvalue weighted by atomic mass is 16.7. The first-order chi connectivity index (χ1) is 8.79. The van der Waals surface area contributed by atoms with E-state index in [0.717, 1.165) is 6.54 Å². The van der Waals surface area contributed by atoms with E-state index < -0.39 is 0 Å². The van der Waals surface area contributed by atoms with Gasteiger partial charge in [0.25, 0.3) is 0 Å². The van der Waals surface area contributed by atoms with Crippen LogP contribution in [0.2, 0.25) is 0 Å². The highest BCUT2D eigenvalue weighted by Gasteiger charge is 2.49. The Morgan fingerprint density at radius 1 is 1.22 bits per heavy atom. The molecule has 0 radical (unpaired) electrons. The SMILES string of the molecule is CCC1(CC)CC2CCN1OC2c1ccccc1. The van der Waals surface area contributed by atoms with Crippen molar-refractivity contribution in [3.63, 3.8) is 0 Å². The maximum absolute atomic E-state index is 6.30. The van der Waals surface area contributed by atoms with Gasteiger partial charge in [-0.25, -0.2) is 0 Å². The second-order valence-corrected chi connectivity index (χ2v) is 5.72. The van der Waals surface area contributed by atoms with E-state index >= 15 is 0 Å². The van der Waals surface area contributed by atoms with Gasteiger partial charge in [-0.15, -0.1) is 0 Å². The van der Waals surface area contributed by atoms with Crippen LogP contribution in [0.3, 0.4) is 0 Å². The van der Waals surface area contributed by atoms with Crippen LogP contribution in [-0.2, 0) is 4.84 Å². The van der Waals surface area contributed by atoms with Gasteiger partial charge in [-0.1, -0.05) is 44.2 Å². The fraction of sp³-hybridized carbons (Fsp3) is 0.625. The summed E-state index contributed by atoms with van der Waals surface area (Å²) < 4.78 is 0. The van der Waals surface area contributed by atoms with Gasteiger partial charge in [0.15, 0.2) is 0 Å². The van der Waals surface area contributed by atoms with E-state index in [4.69, 9.17) is 4.84 Å². The number of benzene rings is 1. The van der Waals surface area contributed by atoms with Crippen molar-refractivity contribution >= 4 is 0 Å². The minimum absolute atomic E-state index is 0.283. The Hall–Kier alpha value is -0.860. The number of hydroxylamine groups is 2. The second-order valence-electron chi connectivity index (χ2n) is 5.72. The monoisotopic (exact) mass is 245 g/mol. The molecule has 3 atom stereocenters. The molecule has 2 nitrogen and oxygen atoms in total. The molecule has 3 aliphatic heterocycles. The summed E-state index contributed by atoms with van der Waals surface area (Å²) in [6.07, 6.45) is 5.25. The highest BCUT2D eigenvalue weighted by molar-refractivity contribution is 5.20. The molecule has 98 valence electrons. The lowest BCUT2D eigenvalue weighted by Gasteiger charge is -2.56. The van der Waals surface area contributed by atoms with Crippen molar-refractivity contribution in [2.45, 2.75) is 51.2 Å². The van der Waals surface area contributed by atoms with Crippen LogP contribution in [0, 0.1) is 5.92 Å². The van der Waals surface area contributed by atoms with Crippen LogP contribution in [0.5, 0.6) is 0 Å². The predicted octanol–water partition coefficient (Wildman–Crippen LogP) is 3.94. The third-order valence-corrected chi connectivity index (χ3v) is 4.99. The molecule has 0 aromatic heterocycles. The van der Waals surface area contributed by atoms with Crippen LogP contribution in [0.15, 0.2) is 30.3 Å². The van der Waals surface area contributed by atoms with Crippen LogP contribution >= 0.6 is 0 Å². The predicted molar refractivity (Wildman–Crippen MR) is 73.0 cm³/mol. The summed E-state index contributed by atoms with van der Waals surface area (Å²) in [5.41, 5.74) is 1.64. The Morgan fingerprint density at radius 2 is 1.94 bits per heavy atom. The van der Waals surface area contributed by atoms with Crippen molar-refractivity contribution in [2.24, 2.45) is 5.92 Å². The Morgan fingerprint density at radius 3 is 2.50 bits per heavy atom. The van der Waals surface area contributed by atoms with Crippen LogP contribution in [0.4, 0.5) is 0 Å². The van der Waals surface area contributed by atoms with Gasteiger partial charge in [-0.05, 0) is 37.2 Å². The van der Waals surface area contributed by atoms with Gasteiger partial charge in [0.05, 0.1) is 0 Å². The zero-order valence-electron chi connectivity index (χ0n) is 11.4. The maximum atomic E-state index is 6.30. The Kier molecular flexibility index (Phi) is 3.16. The molecule has 3 fully saturated rings. The molecule has 4 rings (SSSR count). The first-order valence-corrected chi connectivity index (χ1v) is 7.28. The normalized spacial score (nSPS) is 33.6. The largest absolute Gasteiger partial charge is 0.290 e. The molecule has 0 amide bonds. The zero-order valence-corrected chi connectivity index (χ0v) is 11.4. The number of hydrogen-bond acceptors (Lipinski definition) is 2. The molecule has 1 aromatic rings. The first-order valence-electron chi connectivity index (χ1n) is 7.28. The molecule has 3 heterocycles. The van der Waals surface area contributed by atoms with E-state index in [9.17, 15) is 0 Å². The molecular weight excluding hydrogens is 222 g/mol. The molecule has 0 saturated carbocycles. The van der Waals surface area contributed by atoms with Crippen molar-refractivity contribution in [1.29, 1.82) is 0 Å². The summed E-state index contributed by atoms with van der Waals surface area (Å²) in [4.78, 5) is 6.30. The third-order valence-electron chi connectivity index (χ3n) is 4.99. The molecule has 3 aliphatic rings. The zero-order chi connectivity index (χ0) is 12.6. The summed E-state index contributed by atoms with van der Waals surface area (Å²) in [6.45, 7) is 5.70. The van der Waals surface area contributed by atoms with Gasteiger partial charge in [0.2, 0.25) is 0 Å². The molecule has 2 bridgehead atoms. The second kappa shape index (κ2) is 4.67. The molecule has 18 heavy (non-hydrogen) atoms. The number of hydrogen-bond donors (Lipinski definition) is 0. The lowest BCUT2D eigenvalue weighted by Crippen LogP contribution is -2.59. The average Bonchev–Trinajstić information content (AvgIpc) is 2.48. The summed E-state index contributed by atoms with van der Waals surface area (Å²) in [5, 5.41) is 2.30. The lowest BCUT2D eigenvalue weighted by atomic mass is 9.73. The molecule has 3 saturated heterocycles. The van der Waals surface area contributed by atoms with Gasteiger partial charge in [0, 0.05) is 12.1 Å². The first kappa shape index (κ1) is 12.2. The van der Waals surface area contributed by atoms with Crippen molar-refractivity contribution in [2.75, 3.05) is 6.54 Å². The van der Waals surface area contributed by atoms with Gasteiger partial charge in [-0.3, -0.25) is 4.84 Å². The number of rotatable bonds is 3. The lowest BCUT2D eigenvalue weighted by molar-refractivity contribution is -0.334. The molecule has 3 unspecified atom stereocenters. The fourth-order valence-electron chi connectivity index (χ4n) is 3.73. The molecular formula is C16H23NO. The summed E-state index contributed by atoms with van der Waals surface area (Å²) in [6, 6.07) is 10.7. The minimum atomic E-state index is 0.283. The van der Waals surface area contributed by atoms with E-state index in [-0.39, 0.29) is 6.10 Å². The molecule has 1 aromatic carbocycles. The molecule has 0 spiro atoms. The highest BCUT2D eigenvalue weighted by Crippen LogP contribution is 2.49. The topological polar surface area (TPSA) is 12.5 Å². The van der Waals surface area contributed by atoms with Crippen molar-refractivity contribution < 1.29 is 4.84 Å². The van der Waals surface area contributed by atoms with Crippen molar-refractivity contribution in [3.8, 4) is 0 Å². The van der Waals surface area contributed by atoms with Gasteiger partial charge in [0.1, 0.15) is 6.10 Å². The van der Waals surface area contributed by atoms with E-state index in [0.29, 0.717) is 11.5 Å². The Balaban J connectivity index is 1.85. The number of nitrogens with zero attached hydrogens (tertiary/aromatic N) is 1. The van der Waals surface area contributed by atoms with E-state index in [1.807, 2.05) is 0 Å². The van der Waals surface area contributed by atoms with Crippen molar-refractivity contribution in [3.05, 3.63) is 35.9 Å². The van der Waals surface area contributed by atoms with Gasteiger partial charge in [-0.2, -0.15) is 5.06 Å². The minimum Gasteiger partial charge on any atom is -0.290 e. The van der Waals surface area contributed by atoms with E-state index in [1.54, 1.807) is 0 Å². The Bertz CT molecular complexity index is 399. The molecule has 0 N–H and O–H groups in total. The van der Waals surface area contributed by atoms with Crippen LogP contribution in [0.1, 0.15) is 51.2 Å². The van der Waals surface area contributed by atoms with E-state index in [2.05, 4.69) is 49.2 Å². The van der Waals surface area contributed by atoms with Crippen LogP contribution in [0.25, 0.3) is 0 Å². The van der Waals surface area contributed by atoms with Crippen LogP contribution in [-0.4, -0.2) is 17.1 Å². The van der Waals surface area contributed by atoms with Gasteiger partial charge < -0.3 is 0 Å². The molecule has 2 heteroatoms. The quantitative estimate of drug-likeness (QED) is 0.799. The van der Waals surface area contributed by atoms with Gasteiger partial charge >= 0.3 is 0 Å². The summed E-state index contributed by atoms with van der Waals surface area (Å²) in [5.74, 6) is 0.692. The number of fused-ring (bicyclic) bond motifs is 3. The smallest absolute Gasteiger partial charge is 0.107 e.